The number of hydrogen-bond donors (Lipinski definition) is 2. The number of nitrogens with two attached hydrogens (primary N) is 1. The second-order valence-electron chi connectivity index (χ2n) is 4.16. The molecule has 1 saturated heterocycles. The Kier molecular flexibility index (Phi) is 3.27. The highest BCUT2D eigenvalue weighted by molar-refractivity contribution is 5.78. The number of amides is 1. The highest BCUT2D eigenvalue weighted by Crippen LogP contribution is 2.15. The number of carbonyl (C=O) groups excluding carboxylic acids is 1. The average molecular weight is 185 g/mol. The van der Waals surface area contributed by atoms with Gasteiger partial charge >= 0.3 is 0 Å². The van der Waals surface area contributed by atoms with Crippen molar-refractivity contribution in [3.05, 3.63) is 0 Å². The van der Waals surface area contributed by atoms with Gasteiger partial charge in [0.2, 0.25) is 5.91 Å². The number of nitrogens with zero attached hydrogens (tertiary/aromatic N) is 1. The summed E-state index contributed by atoms with van der Waals surface area (Å²) in [5.74, 6) is -0.227. The number of likely N-dealkylation sites (tertiary alicyclic amines) is 1. The van der Waals surface area contributed by atoms with Crippen molar-refractivity contribution in [3.8, 4) is 0 Å². The van der Waals surface area contributed by atoms with Gasteiger partial charge in [-0.05, 0) is 7.05 Å². The summed E-state index contributed by atoms with van der Waals surface area (Å²) >= 11 is 0. The lowest BCUT2D eigenvalue weighted by molar-refractivity contribution is -0.121. The summed E-state index contributed by atoms with van der Waals surface area (Å²) in [6, 6.07) is 0.626. The van der Waals surface area contributed by atoms with Crippen LogP contribution in [0.25, 0.3) is 0 Å². The molecule has 2 atom stereocenters. The van der Waals surface area contributed by atoms with Gasteiger partial charge in [-0.3, -0.25) is 4.79 Å². The van der Waals surface area contributed by atoms with E-state index >= 15 is 0 Å². The van der Waals surface area contributed by atoms with Gasteiger partial charge in [0.25, 0.3) is 0 Å². The zero-order valence-corrected chi connectivity index (χ0v) is 8.58. The minimum absolute atomic E-state index is 0.0348. The van der Waals surface area contributed by atoms with Gasteiger partial charge in [-0.2, -0.15) is 0 Å². The van der Waals surface area contributed by atoms with E-state index in [0.717, 1.165) is 13.1 Å². The molecule has 1 fully saturated rings. The lowest BCUT2D eigenvalue weighted by Gasteiger charge is -2.19. The normalized spacial score (nSPS) is 29.8. The van der Waals surface area contributed by atoms with Gasteiger partial charge in [0, 0.05) is 25.2 Å². The topological polar surface area (TPSA) is 58.4 Å². The fourth-order valence-corrected chi connectivity index (χ4v) is 1.89. The Labute approximate surface area is 79.5 Å². The Morgan fingerprint density at radius 2 is 2.15 bits per heavy atom. The molecule has 1 rings (SSSR count). The standard InChI is InChI=1S/C9H19N3O/c1-6(2)11-8-5-12(3)4-7(8)9(10)13/h6-8,11H,4-5H2,1-3H3,(H2,10,13). The number of hydrogen-bond acceptors (Lipinski definition) is 3. The summed E-state index contributed by atoms with van der Waals surface area (Å²) in [6.45, 7) is 5.85. The molecule has 1 aliphatic rings. The third kappa shape index (κ3) is 2.67. The lowest BCUT2D eigenvalue weighted by Crippen LogP contribution is -2.44. The summed E-state index contributed by atoms with van der Waals surface area (Å²) < 4.78 is 0. The van der Waals surface area contributed by atoms with E-state index < -0.39 is 0 Å². The first-order chi connectivity index (χ1) is 6.00. The maximum absolute atomic E-state index is 11.1. The van der Waals surface area contributed by atoms with Crippen LogP contribution in [0, 0.1) is 5.92 Å². The number of carbonyl (C=O) groups is 1. The lowest BCUT2D eigenvalue weighted by atomic mass is 10.0. The van der Waals surface area contributed by atoms with Crippen LogP contribution in [-0.2, 0) is 4.79 Å². The van der Waals surface area contributed by atoms with Gasteiger partial charge in [0.05, 0.1) is 5.92 Å². The molecule has 0 aromatic rings. The molecule has 4 nitrogen and oxygen atoms in total. The molecule has 2 unspecified atom stereocenters. The second-order valence-corrected chi connectivity index (χ2v) is 4.16. The first-order valence-electron chi connectivity index (χ1n) is 4.74. The van der Waals surface area contributed by atoms with Crippen LogP contribution >= 0.6 is 0 Å². The maximum atomic E-state index is 11.1. The summed E-state index contributed by atoms with van der Waals surface area (Å²) in [4.78, 5) is 13.2. The zero-order valence-electron chi connectivity index (χ0n) is 8.58. The van der Waals surface area contributed by atoms with Crippen LogP contribution in [0.1, 0.15) is 13.8 Å². The molecule has 0 aromatic carbocycles. The minimum Gasteiger partial charge on any atom is -0.369 e. The van der Waals surface area contributed by atoms with Gasteiger partial charge in [0.15, 0.2) is 0 Å². The van der Waals surface area contributed by atoms with Crippen LogP contribution in [0.4, 0.5) is 0 Å². The van der Waals surface area contributed by atoms with Crippen molar-refractivity contribution in [2.45, 2.75) is 25.9 Å². The Balaban J connectivity index is 2.55. The molecule has 76 valence electrons. The molecular weight excluding hydrogens is 166 g/mol. The zero-order chi connectivity index (χ0) is 10.0. The smallest absolute Gasteiger partial charge is 0.223 e. The summed E-state index contributed by atoms with van der Waals surface area (Å²) in [5, 5.41) is 3.36. The Hall–Kier alpha value is -0.610. The molecule has 0 aromatic heterocycles. The van der Waals surface area contributed by atoms with Gasteiger partial charge in [0.1, 0.15) is 0 Å². The Bertz CT molecular complexity index is 193. The number of likely N-dealkylation sites (N-methyl/N-ethyl adjacent to an activating group) is 1. The van der Waals surface area contributed by atoms with Gasteiger partial charge < -0.3 is 16.0 Å². The first-order valence-corrected chi connectivity index (χ1v) is 4.74. The van der Waals surface area contributed by atoms with Crippen LogP contribution in [0.3, 0.4) is 0 Å². The van der Waals surface area contributed by atoms with Gasteiger partial charge in [-0.1, -0.05) is 13.8 Å². The maximum Gasteiger partial charge on any atom is 0.223 e. The van der Waals surface area contributed by atoms with Crippen molar-refractivity contribution in [2.75, 3.05) is 20.1 Å². The van der Waals surface area contributed by atoms with Crippen LogP contribution in [0.2, 0.25) is 0 Å². The van der Waals surface area contributed by atoms with Crippen molar-refractivity contribution in [1.82, 2.24) is 10.2 Å². The van der Waals surface area contributed by atoms with E-state index in [1.54, 1.807) is 0 Å². The van der Waals surface area contributed by atoms with E-state index in [0.29, 0.717) is 6.04 Å². The monoisotopic (exact) mass is 185 g/mol. The third-order valence-corrected chi connectivity index (χ3v) is 2.42. The van der Waals surface area contributed by atoms with Gasteiger partial charge in [-0.15, -0.1) is 0 Å². The van der Waals surface area contributed by atoms with Crippen LogP contribution in [0.15, 0.2) is 0 Å². The number of nitrogens with one attached hydrogen (secondary N) is 1. The predicted molar refractivity (Wildman–Crippen MR) is 52.2 cm³/mol. The van der Waals surface area contributed by atoms with Crippen LogP contribution in [0.5, 0.6) is 0 Å². The van der Waals surface area contributed by atoms with E-state index in [9.17, 15) is 4.79 Å². The van der Waals surface area contributed by atoms with Crippen molar-refractivity contribution in [2.24, 2.45) is 11.7 Å². The number of rotatable bonds is 3. The molecule has 0 aliphatic carbocycles. The third-order valence-electron chi connectivity index (χ3n) is 2.42. The fraction of sp³-hybridized carbons (Fsp3) is 0.889. The molecule has 0 saturated carbocycles. The molecule has 13 heavy (non-hydrogen) atoms. The number of primary amides is 1. The van der Waals surface area contributed by atoms with Gasteiger partial charge in [-0.25, -0.2) is 0 Å². The molecule has 0 radical (unpaired) electrons. The van der Waals surface area contributed by atoms with Crippen LogP contribution in [-0.4, -0.2) is 43.0 Å². The summed E-state index contributed by atoms with van der Waals surface area (Å²) in [5.41, 5.74) is 5.32. The first kappa shape index (κ1) is 10.5. The van der Waals surface area contributed by atoms with Crippen molar-refractivity contribution in [3.63, 3.8) is 0 Å². The van der Waals surface area contributed by atoms with E-state index in [-0.39, 0.29) is 17.9 Å². The fourth-order valence-electron chi connectivity index (χ4n) is 1.89. The van der Waals surface area contributed by atoms with E-state index in [2.05, 4.69) is 24.1 Å². The van der Waals surface area contributed by atoms with E-state index in [1.165, 1.54) is 0 Å². The Morgan fingerprint density at radius 1 is 1.54 bits per heavy atom. The average Bonchev–Trinajstić information content (AvgIpc) is 2.29. The van der Waals surface area contributed by atoms with Crippen molar-refractivity contribution < 1.29 is 4.79 Å². The second kappa shape index (κ2) is 4.07. The van der Waals surface area contributed by atoms with Crippen molar-refractivity contribution >= 4 is 5.91 Å². The molecular formula is C9H19N3O. The summed E-state index contributed by atoms with van der Waals surface area (Å²) in [7, 11) is 2.01. The molecule has 3 N–H and O–H groups in total. The Morgan fingerprint density at radius 3 is 2.62 bits per heavy atom. The molecule has 1 amide bonds. The largest absolute Gasteiger partial charge is 0.369 e. The molecule has 4 heteroatoms. The predicted octanol–water partition coefficient (Wildman–Crippen LogP) is -0.600. The molecule has 1 heterocycles. The minimum atomic E-state index is -0.192. The van der Waals surface area contributed by atoms with E-state index in [4.69, 9.17) is 5.73 Å². The highest BCUT2D eigenvalue weighted by Gasteiger charge is 2.34. The van der Waals surface area contributed by atoms with Crippen LogP contribution < -0.4 is 11.1 Å². The quantitative estimate of drug-likeness (QED) is 0.617. The summed E-state index contributed by atoms with van der Waals surface area (Å²) in [6.07, 6.45) is 0. The van der Waals surface area contributed by atoms with Crippen molar-refractivity contribution in [1.29, 1.82) is 0 Å². The molecule has 0 spiro atoms. The molecule has 0 bridgehead atoms. The highest BCUT2D eigenvalue weighted by atomic mass is 16.1. The molecule has 1 aliphatic heterocycles. The van der Waals surface area contributed by atoms with E-state index in [1.807, 2.05) is 7.05 Å². The SMILES string of the molecule is CC(C)NC1CN(C)CC1C(N)=O.